The smallest absolute Gasteiger partial charge is 0.127 e. The predicted octanol–water partition coefficient (Wildman–Crippen LogP) is 4.35. The van der Waals surface area contributed by atoms with E-state index in [0.29, 0.717) is 17.0 Å². The highest BCUT2D eigenvalue weighted by Crippen LogP contribution is 2.36. The van der Waals surface area contributed by atoms with Crippen molar-refractivity contribution in [2.45, 2.75) is 57.1 Å². The van der Waals surface area contributed by atoms with Crippen molar-refractivity contribution in [1.29, 1.82) is 0 Å². The second kappa shape index (κ2) is 7.57. The molecule has 1 unspecified atom stereocenters. The average molecular weight is 314 g/mol. The van der Waals surface area contributed by atoms with Crippen LogP contribution in [0.1, 0.15) is 44.6 Å². The molecule has 0 aliphatic heterocycles. The summed E-state index contributed by atoms with van der Waals surface area (Å²) in [5.74, 6) is -0.229. The quantitative estimate of drug-likeness (QED) is 0.843. The van der Waals surface area contributed by atoms with Crippen LogP contribution in [0.5, 0.6) is 0 Å². The van der Waals surface area contributed by atoms with Gasteiger partial charge in [-0.25, -0.2) is 4.39 Å². The standard InChI is InChI=1S/C17H25ClFNO/c1-3-20-16(17(21-2)10-5-4-6-11-17)12-13-14(18)8-7-9-15(13)19/h7-9,16,20H,3-6,10-12H2,1-2H3. The molecule has 1 aromatic rings. The lowest BCUT2D eigenvalue weighted by atomic mass is 9.77. The molecule has 2 nitrogen and oxygen atoms in total. The number of benzene rings is 1. The summed E-state index contributed by atoms with van der Waals surface area (Å²) in [4.78, 5) is 0. The topological polar surface area (TPSA) is 21.3 Å². The lowest BCUT2D eigenvalue weighted by Crippen LogP contribution is -2.54. The number of ether oxygens (including phenoxy) is 1. The molecular weight excluding hydrogens is 289 g/mol. The third kappa shape index (κ3) is 3.77. The van der Waals surface area contributed by atoms with E-state index < -0.39 is 0 Å². The zero-order valence-corrected chi connectivity index (χ0v) is 13.7. The van der Waals surface area contributed by atoms with Crippen molar-refractivity contribution in [3.8, 4) is 0 Å². The number of rotatable bonds is 6. The van der Waals surface area contributed by atoms with E-state index >= 15 is 0 Å². The Bertz CT molecular complexity index is 440. The van der Waals surface area contributed by atoms with Gasteiger partial charge in [-0.15, -0.1) is 0 Å². The van der Waals surface area contributed by atoms with Gasteiger partial charge in [0.15, 0.2) is 0 Å². The van der Waals surface area contributed by atoms with Crippen LogP contribution >= 0.6 is 11.6 Å². The minimum Gasteiger partial charge on any atom is -0.377 e. The van der Waals surface area contributed by atoms with Crippen LogP contribution in [0, 0.1) is 5.82 Å². The van der Waals surface area contributed by atoms with Gasteiger partial charge in [-0.05, 0) is 37.9 Å². The highest BCUT2D eigenvalue weighted by molar-refractivity contribution is 6.31. The van der Waals surface area contributed by atoms with Crippen LogP contribution in [-0.2, 0) is 11.2 Å². The van der Waals surface area contributed by atoms with Crippen LogP contribution in [-0.4, -0.2) is 25.3 Å². The molecule has 4 heteroatoms. The summed E-state index contributed by atoms with van der Waals surface area (Å²) in [7, 11) is 1.78. The van der Waals surface area contributed by atoms with Crippen molar-refractivity contribution in [2.75, 3.05) is 13.7 Å². The van der Waals surface area contributed by atoms with Gasteiger partial charge >= 0.3 is 0 Å². The lowest BCUT2D eigenvalue weighted by molar-refractivity contribution is -0.0671. The Morgan fingerprint density at radius 3 is 2.62 bits per heavy atom. The summed E-state index contributed by atoms with van der Waals surface area (Å²) in [6.45, 7) is 2.91. The van der Waals surface area contributed by atoms with Crippen molar-refractivity contribution in [3.05, 3.63) is 34.6 Å². The normalized spacial score (nSPS) is 19.4. The molecule has 0 saturated heterocycles. The fourth-order valence-electron chi connectivity index (χ4n) is 3.47. The second-order valence-electron chi connectivity index (χ2n) is 5.84. The molecule has 1 saturated carbocycles. The Morgan fingerprint density at radius 2 is 2.05 bits per heavy atom. The van der Waals surface area contributed by atoms with E-state index in [9.17, 15) is 4.39 Å². The Hall–Kier alpha value is -0.640. The van der Waals surface area contributed by atoms with Gasteiger partial charge < -0.3 is 10.1 Å². The zero-order chi connectivity index (χ0) is 15.3. The molecule has 2 rings (SSSR count). The molecule has 118 valence electrons. The molecule has 1 aliphatic carbocycles. The summed E-state index contributed by atoms with van der Waals surface area (Å²) in [6.07, 6.45) is 6.19. The number of hydrogen-bond acceptors (Lipinski definition) is 2. The van der Waals surface area contributed by atoms with Crippen molar-refractivity contribution in [1.82, 2.24) is 5.32 Å². The summed E-state index contributed by atoms with van der Waals surface area (Å²) in [5, 5.41) is 4.00. The molecular formula is C17H25ClFNO. The lowest BCUT2D eigenvalue weighted by Gasteiger charge is -2.43. The monoisotopic (exact) mass is 313 g/mol. The van der Waals surface area contributed by atoms with Crippen LogP contribution in [0.4, 0.5) is 4.39 Å². The molecule has 1 N–H and O–H groups in total. The maximum Gasteiger partial charge on any atom is 0.127 e. The number of halogens is 2. The molecule has 0 spiro atoms. The van der Waals surface area contributed by atoms with Gasteiger partial charge in [0, 0.05) is 23.7 Å². The minimum absolute atomic E-state index is 0.0854. The molecule has 21 heavy (non-hydrogen) atoms. The highest BCUT2D eigenvalue weighted by atomic mass is 35.5. The first-order valence-electron chi connectivity index (χ1n) is 7.84. The van der Waals surface area contributed by atoms with Crippen molar-refractivity contribution in [2.24, 2.45) is 0 Å². The molecule has 1 aliphatic rings. The molecule has 0 aromatic heterocycles. The number of hydrogen-bond donors (Lipinski definition) is 1. The van der Waals surface area contributed by atoms with Gasteiger partial charge in [-0.3, -0.25) is 0 Å². The predicted molar refractivity (Wildman–Crippen MR) is 85.4 cm³/mol. The molecule has 1 fully saturated rings. The average Bonchev–Trinajstić information content (AvgIpc) is 2.50. The SMILES string of the molecule is CCNC(Cc1c(F)cccc1Cl)C1(OC)CCCCC1. The molecule has 0 heterocycles. The Kier molecular flexibility index (Phi) is 6.03. The van der Waals surface area contributed by atoms with E-state index in [-0.39, 0.29) is 17.5 Å². The van der Waals surface area contributed by atoms with Gasteiger partial charge in [-0.2, -0.15) is 0 Å². The minimum atomic E-state index is -0.229. The Morgan fingerprint density at radius 1 is 1.33 bits per heavy atom. The zero-order valence-electron chi connectivity index (χ0n) is 12.9. The van der Waals surface area contributed by atoms with Crippen LogP contribution in [0.3, 0.4) is 0 Å². The maximum atomic E-state index is 14.1. The maximum absolute atomic E-state index is 14.1. The highest BCUT2D eigenvalue weighted by Gasteiger charge is 2.40. The third-order valence-electron chi connectivity index (χ3n) is 4.66. The van der Waals surface area contributed by atoms with Gasteiger partial charge in [0.2, 0.25) is 0 Å². The van der Waals surface area contributed by atoms with Gasteiger partial charge in [-0.1, -0.05) is 43.9 Å². The summed E-state index contributed by atoms with van der Waals surface area (Å²) in [5.41, 5.74) is 0.381. The van der Waals surface area contributed by atoms with Gasteiger partial charge in [0.05, 0.1) is 5.60 Å². The number of methoxy groups -OCH3 is 1. The molecule has 0 radical (unpaired) electrons. The fraction of sp³-hybridized carbons (Fsp3) is 0.647. The van der Waals surface area contributed by atoms with Crippen molar-refractivity contribution in [3.63, 3.8) is 0 Å². The Labute approximate surface area is 132 Å². The molecule has 0 amide bonds. The number of nitrogens with one attached hydrogen (secondary N) is 1. The van der Waals surface area contributed by atoms with Crippen molar-refractivity contribution < 1.29 is 9.13 Å². The summed E-state index contributed by atoms with van der Waals surface area (Å²) >= 11 is 6.19. The second-order valence-corrected chi connectivity index (χ2v) is 6.25. The van der Waals surface area contributed by atoms with Crippen molar-refractivity contribution >= 4 is 11.6 Å². The van der Waals surface area contributed by atoms with Gasteiger partial charge in [0.25, 0.3) is 0 Å². The van der Waals surface area contributed by atoms with E-state index in [4.69, 9.17) is 16.3 Å². The number of likely N-dealkylation sites (N-methyl/N-ethyl adjacent to an activating group) is 1. The first-order chi connectivity index (χ1) is 10.1. The van der Waals surface area contributed by atoms with Crippen LogP contribution in [0.25, 0.3) is 0 Å². The van der Waals surface area contributed by atoms with Crippen LogP contribution in [0.2, 0.25) is 5.02 Å². The Balaban J connectivity index is 2.25. The van der Waals surface area contributed by atoms with E-state index in [2.05, 4.69) is 12.2 Å². The molecule has 1 atom stereocenters. The first-order valence-corrected chi connectivity index (χ1v) is 8.22. The summed E-state index contributed by atoms with van der Waals surface area (Å²) in [6, 6.07) is 4.96. The molecule has 1 aromatic carbocycles. The first kappa shape index (κ1) is 16.7. The van der Waals surface area contributed by atoms with Gasteiger partial charge in [0.1, 0.15) is 5.82 Å². The van der Waals surface area contributed by atoms with E-state index in [0.717, 1.165) is 19.4 Å². The fourth-order valence-corrected chi connectivity index (χ4v) is 3.71. The van der Waals surface area contributed by atoms with E-state index in [1.165, 1.54) is 25.3 Å². The van der Waals surface area contributed by atoms with E-state index in [1.54, 1.807) is 19.2 Å². The summed E-state index contributed by atoms with van der Waals surface area (Å²) < 4.78 is 20.0. The van der Waals surface area contributed by atoms with E-state index in [1.807, 2.05) is 0 Å². The van der Waals surface area contributed by atoms with Crippen LogP contribution in [0.15, 0.2) is 18.2 Å². The van der Waals surface area contributed by atoms with Crippen LogP contribution < -0.4 is 5.32 Å². The largest absolute Gasteiger partial charge is 0.377 e. The molecule has 0 bridgehead atoms. The third-order valence-corrected chi connectivity index (χ3v) is 5.02.